The highest BCUT2D eigenvalue weighted by Crippen LogP contribution is 2.24. The van der Waals surface area contributed by atoms with Crippen molar-refractivity contribution in [1.29, 1.82) is 0 Å². The van der Waals surface area contributed by atoms with Crippen LogP contribution in [0.4, 0.5) is 11.4 Å². The van der Waals surface area contributed by atoms with Crippen LogP contribution in [0.15, 0.2) is 48.5 Å². The van der Waals surface area contributed by atoms with E-state index in [-0.39, 0.29) is 24.3 Å². The number of nitrogens with one attached hydrogen (secondary N) is 1. The molecule has 2 aliphatic heterocycles. The summed E-state index contributed by atoms with van der Waals surface area (Å²) in [7, 11) is 1.66. The molecule has 6 nitrogen and oxygen atoms in total. The number of anilines is 2. The van der Waals surface area contributed by atoms with E-state index in [1.165, 1.54) is 9.80 Å². The van der Waals surface area contributed by atoms with Crippen molar-refractivity contribution in [3.8, 4) is 5.75 Å². The summed E-state index contributed by atoms with van der Waals surface area (Å²) in [4.78, 5) is 30.2. The van der Waals surface area contributed by atoms with E-state index in [1.807, 2.05) is 12.1 Å². The molecule has 0 saturated carbocycles. The van der Waals surface area contributed by atoms with E-state index in [4.69, 9.17) is 16.3 Å². The molecule has 0 unspecified atom stereocenters. The average Bonchev–Trinajstić information content (AvgIpc) is 3.03. The first-order valence-corrected chi connectivity index (χ1v) is 9.80. The Bertz CT molecular complexity index is 861. The number of rotatable bonds is 4. The summed E-state index contributed by atoms with van der Waals surface area (Å²) < 4.78 is 5.21. The summed E-state index contributed by atoms with van der Waals surface area (Å²) >= 11 is 5.92. The molecule has 2 aromatic rings. The Labute approximate surface area is 169 Å². The van der Waals surface area contributed by atoms with Gasteiger partial charge in [0.15, 0.2) is 6.04 Å². The minimum Gasteiger partial charge on any atom is -0.497 e. The first kappa shape index (κ1) is 18.8. The maximum Gasteiger partial charge on any atom is 0.292 e. The number of piperazine rings is 1. The molecular weight excluding hydrogens is 378 g/mol. The van der Waals surface area contributed by atoms with Crippen LogP contribution in [0, 0.1) is 0 Å². The topological polar surface area (TPSA) is 54.3 Å². The number of halogens is 1. The van der Waals surface area contributed by atoms with E-state index >= 15 is 0 Å². The lowest BCUT2D eigenvalue weighted by Crippen LogP contribution is -3.19. The van der Waals surface area contributed by atoms with Gasteiger partial charge in [-0.05, 0) is 48.5 Å². The molecule has 146 valence electrons. The summed E-state index contributed by atoms with van der Waals surface area (Å²) in [5.74, 6) is 0.591. The number of imide groups is 1. The zero-order chi connectivity index (χ0) is 19.7. The van der Waals surface area contributed by atoms with Crippen LogP contribution in [0.3, 0.4) is 0 Å². The van der Waals surface area contributed by atoms with Crippen LogP contribution in [0.5, 0.6) is 5.75 Å². The summed E-state index contributed by atoms with van der Waals surface area (Å²) in [5.41, 5.74) is 1.75. The molecule has 7 heteroatoms. The van der Waals surface area contributed by atoms with E-state index in [2.05, 4.69) is 17.0 Å². The van der Waals surface area contributed by atoms with Gasteiger partial charge in [-0.1, -0.05) is 11.6 Å². The van der Waals surface area contributed by atoms with Gasteiger partial charge >= 0.3 is 0 Å². The molecule has 2 saturated heterocycles. The maximum absolute atomic E-state index is 12.9. The van der Waals surface area contributed by atoms with Crippen molar-refractivity contribution in [3.63, 3.8) is 0 Å². The lowest BCUT2D eigenvalue weighted by Gasteiger charge is -2.35. The number of amides is 2. The first-order valence-electron chi connectivity index (χ1n) is 9.43. The molecule has 0 bridgehead atoms. The Morgan fingerprint density at radius 3 is 2.18 bits per heavy atom. The Morgan fingerprint density at radius 2 is 1.57 bits per heavy atom. The van der Waals surface area contributed by atoms with Crippen LogP contribution >= 0.6 is 11.6 Å². The van der Waals surface area contributed by atoms with Crippen molar-refractivity contribution in [1.82, 2.24) is 0 Å². The monoisotopic (exact) mass is 400 g/mol. The fraction of sp³-hybridized carbons (Fsp3) is 0.333. The Kier molecular flexibility index (Phi) is 5.24. The molecule has 2 aliphatic rings. The summed E-state index contributed by atoms with van der Waals surface area (Å²) in [5, 5.41) is 0.583. The number of nitrogens with zero attached hydrogens (tertiary/aromatic N) is 2. The number of methoxy groups -OCH3 is 1. The molecule has 4 rings (SSSR count). The van der Waals surface area contributed by atoms with Gasteiger partial charge in [0.1, 0.15) is 5.75 Å². The van der Waals surface area contributed by atoms with Gasteiger partial charge in [-0.25, -0.2) is 4.90 Å². The number of ether oxygens (including phenoxy) is 1. The van der Waals surface area contributed by atoms with Crippen LogP contribution in [0.1, 0.15) is 6.42 Å². The first-order chi connectivity index (χ1) is 13.6. The summed E-state index contributed by atoms with van der Waals surface area (Å²) in [6.45, 7) is 3.34. The van der Waals surface area contributed by atoms with Gasteiger partial charge in [0, 0.05) is 10.7 Å². The normalized spacial score (nSPS) is 20.7. The van der Waals surface area contributed by atoms with E-state index < -0.39 is 0 Å². The number of benzene rings is 2. The van der Waals surface area contributed by atoms with Crippen molar-refractivity contribution in [2.75, 3.05) is 43.1 Å². The molecule has 1 N–H and O–H groups in total. The molecule has 2 amide bonds. The SMILES string of the molecule is COc1ccc(N2CC[NH+]([C@@H]3CC(=O)N(c4ccc(Cl)cc4)C3=O)CC2)cc1. The smallest absolute Gasteiger partial charge is 0.292 e. The Morgan fingerprint density at radius 1 is 0.964 bits per heavy atom. The average molecular weight is 401 g/mol. The predicted molar refractivity (Wildman–Crippen MR) is 108 cm³/mol. The van der Waals surface area contributed by atoms with Gasteiger partial charge in [-0.2, -0.15) is 0 Å². The van der Waals surface area contributed by atoms with Gasteiger partial charge in [-0.15, -0.1) is 0 Å². The van der Waals surface area contributed by atoms with Crippen LogP contribution in [0.25, 0.3) is 0 Å². The number of quaternary nitrogens is 1. The molecule has 1 atom stereocenters. The second-order valence-corrected chi connectivity index (χ2v) is 7.58. The fourth-order valence-corrected chi connectivity index (χ4v) is 4.13. The van der Waals surface area contributed by atoms with Crippen molar-refractivity contribution in [3.05, 3.63) is 53.6 Å². The standard InChI is InChI=1S/C21H22ClN3O3/c1-28-18-8-6-16(7-9-18)23-10-12-24(13-11-23)19-14-20(26)25(21(19)27)17-4-2-15(22)3-5-17/h2-9,19H,10-14H2,1H3/p+1/t19-/m1/s1. The van der Waals surface area contributed by atoms with Crippen molar-refractivity contribution < 1.29 is 19.2 Å². The van der Waals surface area contributed by atoms with E-state index in [0.29, 0.717) is 10.7 Å². The molecule has 2 heterocycles. The minimum atomic E-state index is -0.304. The molecule has 28 heavy (non-hydrogen) atoms. The van der Waals surface area contributed by atoms with Crippen LogP contribution in [-0.4, -0.2) is 51.1 Å². The van der Waals surface area contributed by atoms with Crippen molar-refractivity contribution in [2.24, 2.45) is 0 Å². The lowest BCUT2D eigenvalue weighted by molar-refractivity contribution is -0.915. The Hall–Kier alpha value is -2.57. The van der Waals surface area contributed by atoms with Crippen molar-refractivity contribution in [2.45, 2.75) is 12.5 Å². The molecule has 2 fully saturated rings. The highest BCUT2D eigenvalue weighted by Gasteiger charge is 2.46. The van der Waals surface area contributed by atoms with Gasteiger partial charge in [0.25, 0.3) is 5.91 Å². The quantitative estimate of drug-likeness (QED) is 0.788. The molecule has 0 radical (unpaired) electrons. The molecular formula is C21H23ClN3O3+. The van der Waals surface area contributed by atoms with Crippen molar-refractivity contribution >= 4 is 34.8 Å². The van der Waals surface area contributed by atoms with Crippen LogP contribution < -0.4 is 19.4 Å². The fourth-order valence-electron chi connectivity index (χ4n) is 4.01. The van der Waals surface area contributed by atoms with Gasteiger partial charge in [0.2, 0.25) is 5.91 Å². The molecule has 0 spiro atoms. The van der Waals surface area contributed by atoms with E-state index in [9.17, 15) is 9.59 Å². The Balaban J connectivity index is 1.41. The second-order valence-electron chi connectivity index (χ2n) is 7.14. The lowest BCUT2D eigenvalue weighted by atomic mass is 10.1. The molecule has 0 aliphatic carbocycles. The summed E-state index contributed by atoms with van der Waals surface area (Å²) in [6, 6.07) is 14.6. The molecule has 0 aromatic heterocycles. The summed E-state index contributed by atoms with van der Waals surface area (Å²) in [6.07, 6.45) is 0.263. The maximum atomic E-state index is 12.9. The zero-order valence-electron chi connectivity index (χ0n) is 15.7. The highest BCUT2D eigenvalue weighted by molar-refractivity contribution is 6.30. The minimum absolute atomic E-state index is 0.111. The third kappa shape index (κ3) is 3.57. The second kappa shape index (κ2) is 7.81. The predicted octanol–water partition coefficient (Wildman–Crippen LogP) is 1.39. The van der Waals surface area contributed by atoms with Gasteiger partial charge < -0.3 is 14.5 Å². The third-order valence-electron chi connectivity index (χ3n) is 5.57. The third-order valence-corrected chi connectivity index (χ3v) is 5.82. The largest absolute Gasteiger partial charge is 0.497 e. The van der Waals surface area contributed by atoms with Gasteiger partial charge in [0.05, 0.1) is 45.4 Å². The number of carbonyl (C=O) groups excluding carboxylic acids is 2. The van der Waals surface area contributed by atoms with Crippen LogP contribution in [-0.2, 0) is 9.59 Å². The zero-order valence-corrected chi connectivity index (χ0v) is 16.5. The van der Waals surface area contributed by atoms with E-state index in [1.54, 1.807) is 31.4 Å². The van der Waals surface area contributed by atoms with E-state index in [0.717, 1.165) is 37.6 Å². The number of hydrogen-bond acceptors (Lipinski definition) is 4. The van der Waals surface area contributed by atoms with Gasteiger partial charge in [-0.3, -0.25) is 9.59 Å². The number of hydrogen-bond donors (Lipinski definition) is 1. The number of carbonyl (C=O) groups is 2. The molecule has 2 aromatic carbocycles. The highest BCUT2D eigenvalue weighted by atomic mass is 35.5. The van der Waals surface area contributed by atoms with Crippen LogP contribution in [0.2, 0.25) is 5.02 Å².